The first-order valence-corrected chi connectivity index (χ1v) is 12.6. The molecule has 36 heavy (non-hydrogen) atoms. The van der Waals surface area contributed by atoms with Crippen LogP contribution in [0.5, 0.6) is 5.88 Å². The number of hydrogen-bond acceptors (Lipinski definition) is 12. The van der Waals surface area contributed by atoms with E-state index in [-0.39, 0.29) is 18.6 Å². The predicted octanol–water partition coefficient (Wildman–Crippen LogP) is -0.149. The van der Waals surface area contributed by atoms with Crippen molar-refractivity contribution in [2.24, 2.45) is 5.73 Å². The van der Waals surface area contributed by atoms with Crippen molar-refractivity contribution in [2.45, 2.75) is 57.8 Å². The molecule has 1 aliphatic heterocycles. The fraction of sp³-hybridized carbons (Fsp3) is 0.682. The third-order valence-corrected chi connectivity index (χ3v) is 5.80. The number of hydrogen-bond donors (Lipinski definition) is 4. The number of anilines is 1. The van der Waals surface area contributed by atoms with Gasteiger partial charge in [0.25, 0.3) is 5.88 Å². The molecule has 0 aromatic carbocycles. The maximum absolute atomic E-state index is 13.2. The van der Waals surface area contributed by atoms with Crippen LogP contribution in [0.3, 0.4) is 0 Å². The number of nitrogens with zero attached hydrogens (tertiary/aromatic N) is 4. The van der Waals surface area contributed by atoms with Crippen LogP contribution in [0.4, 0.5) is 5.82 Å². The number of morpholine rings is 1. The first kappa shape index (κ1) is 27.8. The number of H-pyrrole nitrogens is 1. The molecule has 1 aliphatic rings. The predicted molar refractivity (Wildman–Crippen MR) is 134 cm³/mol. The fourth-order valence-corrected chi connectivity index (χ4v) is 3.84. The average molecular weight is 525 g/mol. The molecular formula is C22H36N8O5S. The van der Waals surface area contributed by atoms with Crippen LogP contribution in [-0.2, 0) is 25.5 Å². The van der Waals surface area contributed by atoms with Gasteiger partial charge in [-0.25, -0.2) is 9.78 Å². The summed E-state index contributed by atoms with van der Waals surface area (Å²) in [6, 6.07) is -1.73. The number of carbonyl (C=O) groups is 2. The highest BCUT2D eigenvalue weighted by Crippen LogP contribution is 2.26. The molecule has 1 saturated heterocycles. The highest BCUT2D eigenvalue weighted by atomic mass is 32.1. The molecule has 200 valence electrons. The van der Waals surface area contributed by atoms with Crippen LogP contribution in [-0.4, -0.2) is 93.8 Å². The second kappa shape index (κ2) is 12.9. The van der Waals surface area contributed by atoms with E-state index in [0.717, 1.165) is 11.7 Å². The van der Waals surface area contributed by atoms with Gasteiger partial charge in [-0.1, -0.05) is 0 Å². The summed E-state index contributed by atoms with van der Waals surface area (Å²) in [5.41, 5.74) is 6.15. The third kappa shape index (κ3) is 8.69. The highest BCUT2D eigenvalue weighted by Gasteiger charge is 2.29. The van der Waals surface area contributed by atoms with Crippen molar-refractivity contribution >= 4 is 29.4 Å². The summed E-state index contributed by atoms with van der Waals surface area (Å²) in [4.78, 5) is 34.4. The van der Waals surface area contributed by atoms with Gasteiger partial charge < -0.3 is 40.5 Å². The maximum Gasteiger partial charge on any atom is 0.329 e. The lowest BCUT2D eigenvalue weighted by atomic mass is 10.1. The van der Waals surface area contributed by atoms with Crippen molar-refractivity contribution in [1.29, 1.82) is 0 Å². The molecule has 2 aromatic heterocycles. The summed E-state index contributed by atoms with van der Waals surface area (Å²) >= 11 is 1.06. The van der Waals surface area contributed by atoms with Crippen molar-refractivity contribution < 1.29 is 23.8 Å². The van der Waals surface area contributed by atoms with Crippen molar-refractivity contribution in [1.82, 2.24) is 29.3 Å². The number of ether oxygens (including phenoxy) is 3. The zero-order chi connectivity index (χ0) is 26.1. The van der Waals surface area contributed by atoms with E-state index in [1.807, 2.05) is 20.8 Å². The van der Waals surface area contributed by atoms with Crippen LogP contribution < -0.4 is 26.0 Å². The summed E-state index contributed by atoms with van der Waals surface area (Å²) < 4.78 is 25.9. The van der Waals surface area contributed by atoms with Crippen LogP contribution in [0.1, 0.15) is 33.4 Å². The Hall–Kier alpha value is -2.81. The number of aromatic amines is 1. The second-order valence-corrected chi connectivity index (χ2v) is 10.2. The van der Waals surface area contributed by atoms with Crippen LogP contribution in [0.25, 0.3) is 0 Å². The van der Waals surface area contributed by atoms with Gasteiger partial charge in [0.05, 0.1) is 37.3 Å². The van der Waals surface area contributed by atoms with Crippen LogP contribution in [0, 0.1) is 0 Å². The summed E-state index contributed by atoms with van der Waals surface area (Å²) in [5, 5.41) is 6.01. The minimum atomic E-state index is -0.953. The molecule has 0 bridgehead atoms. The Morgan fingerprint density at radius 3 is 2.69 bits per heavy atom. The Balaban J connectivity index is 1.69. The van der Waals surface area contributed by atoms with Gasteiger partial charge in [-0.2, -0.15) is 4.37 Å². The molecule has 0 radical (unpaired) electrons. The molecular weight excluding hydrogens is 488 g/mol. The van der Waals surface area contributed by atoms with Crippen LogP contribution in [0.15, 0.2) is 12.5 Å². The number of nitrogens with one attached hydrogen (secondary N) is 3. The molecule has 0 saturated carbocycles. The van der Waals surface area contributed by atoms with Gasteiger partial charge >= 0.3 is 5.97 Å². The lowest BCUT2D eigenvalue weighted by Crippen LogP contribution is -2.51. The van der Waals surface area contributed by atoms with Gasteiger partial charge in [0.2, 0.25) is 11.7 Å². The Labute approximate surface area is 214 Å². The molecule has 1 amide bonds. The first-order chi connectivity index (χ1) is 17.1. The molecule has 3 atom stereocenters. The minimum absolute atomic E-state index is 0.0512. The normalized spacial score (nSPS) is 16.8. The summed E-state index contributed by atoms with van der Waals surface area (Å²) in [5.74, 6) is -0.0232. The molecule has 2 aromatic rings. The first-order valence-electron chi connectivity index (χ1n) is 11.9. The van der Waals surface area contributed by atoms with E-state index in [9.17, 15) is 9.59 Å². The van der Waals surface area contributed by atoms with E-state index in [2.05, 4.69) is 34.2 Å². The Bertz CT molecular complexity index is 956. The molecule has 2 unspecified atom stereocenters. The number of imidazole rings is 1. The smallest absolute Gasteiger partial charge is 0.329 e. The van der Waals surface area contributed by atoms with Gasteiger partial charge in [-0.3, -0.25) is 4.79 Å². The Kier molecular flexibility index (Phi) is 9.98. The average Bonchev–Trinajstić information content (AvgIpc) is 3.52. The molecule has 5 N–H and O–H groups in total. The molecule has 14 heteroatoms. The molecule has 1 fully saturated rings. The zero-order valence-electron chi connectivity index (χ0n) is 21.2. The largest absolute Gasteiger partial charge is 0.470 e. The van der Waals surface area contributed by atoms with E-state index >= 15 is 0 Å². The van der Waals surface area contributed by atoms with Gasteiger partial charge in [0, 0.05) is 43.5 Å². The van der Waals surface area contributed by atoms with E-state index < -0.39 is 30.1 Å². The SMILES string of the molecule is CC(N)C(=O)NC(Cc1cnc[nH]1)C(=O)O[C@@H](CNC(C)(C)C)COc1nsnc1N1CCOCC1. The van der Waals surface area contributed by atoms with Crippen molar-refractivity contribution in [2.75, 3.05) is 44.4 Å². The standard InChI is InChI=1S/C22H36N8O5S/c1-14(23)19(31)27-17(9-15-10-24-13-25-15)21(32)35-16(11-26-22(2,3)4)12-34-20-18(28-36-29-20)30-5-7-33-8-6-30/h10,13-14,16-17,26H,5-9,11-12,23H2,1-4H3,(H,24,25)(H,27,31)/t14?,16-,17?/m0/s1. The minimum Gasteiger partial charge on any atom is -0.470 e. The number of nitrogens with two attached hydrogens (primary N) is 1. The monoisotopic (exact) mass is 524 g/mol. The van der Waals surface area contributed by atoms with E-state index in [4.69, 9.17) is 19.9 Å². The van der Waals surface area contributed by atoms with E-state index in [1.165, 1.54) is 6.33 Å². The summed E-state index contributed by atoms with van der Waals surface area (Å²) in [7, 11) is 0. The van der Waals surface area contributed by atoms with Gasteiger partial charge in [-0.15, -0.1) is 4.37 Å². The lowest BCUT2D eigenvalue weighted by molar-refractivity contribution is -0.154. The third-order valence-electron chi connectivity index (χ3n) is 5.30. The highest BCUT2D eigenvalue weighted by molar-refractivity contribution is 6.99. The lowest BCUT2D eigenvalue weighted by Gasteiger charge is -2.28. The maximum atomic E-state index is 13.2. The summed E-state index contributed by atoms with van der Waals surface area (Å²) in [6.45, 7) is 10.6. The van der Waals surface area contributed by atoms with Crippen LogP contribution in [0.2, 0.25) is 0 Å². The zero-order valence-corrected chi connectivity index (χ0v) is 22.0. The van der Waals surface area contributed by atoms with Gasteiger partial charge in [-0.05, 0) is 27.7 Å². The number of carbonyl (C=O) groups excluding carboxylic acids is 2. The number of aromatic nitrogens is 4. The van der Waals surface area contributed by atoms with Crippen molar-refractivity contribution in [3.8, 4) is 5.88 Å². The summed E-state index contributed by atoms with van der Waals surface area (Å²) in [6.07, 6.45) is 2.60. The van der Waals surface area contributed by atoms with E-state index in [1.54, 1.807) is 13.1 Å². The molecule has 3 heterocycles. The fourth-order valence-electron chi connectivity index (χ4n) is 3.32. The van der Waals surface area contributed by atoms with Gasteiger partial charge in [0.15, 0.2) is 0 Å². The second-order valence-electron chi connectivity index (χ2n) is 9.62. The van der Waals surface area contributed by atoms with E-state index in [0.29, 0.717) is 50.2 Å². The Morgan fingerprint density at radius 2 is 2.06 bits per heavy atom. The topological polar surface area (TPSA) is 170 Å². The number of amides is 1. The van der Waals surface area contributed by atoms with Crippen molar-refractivity contribution in [3.05, 3.63) is 18.2 Å². The number of rotatable bonds is 12. The van der Waals surface area contributed by atoms with Crippen LogP contribution >= 0.6 is 11.7 Å². The molecule has 3 rings (SSSR count). The molecule has 13 nitrogen and oxygen atoms in total. The molecule has 0 spiro atoms. The quantitative estimate of drug-likeness (QED) is 0.272. The Morgan fingerprint density at radius 1 is 1.31 bits per heavy atom. The number of esters is 1. The van der Waals surface area contributed by atoms with Crippen molar-refractivity contribution in [3.63, 3.8) is 0 Å². The molecule has 0 aliphatic carbocycles. The van der Waals surface area contributed by atoms with Gasteiger partial charge in [0.1, 0.15) is 18.8 Å².